The van der Waals surface area contributed by atoms with Crippen molar-refractivity contribution in [3.63, 3.8) is 0 Å². The van der Waals surface area contributed by atoms with E-state index in [9.17, 15) is 4.79 Å². The quantitative estimate of drug-likeness (QED) is 0.554. The predicted octanol–water partition coefficient (Wildman–Crippen LogP) is 5.31. The molecule has 164 valence electrons. The molecule has 2 aliphatic heterocycles. The maximum absolute atomic E-state index is 13.2. The zero-order chi connectivity index (χ0) is 21.5. The highest BCUT2D eigenvalue weighted by molar-refractivity contribution is 6.26. The smallest absolute Gasteiger partial charge is 0.259 e. The van der Waals surface area contributed by atoms with Crippen LogP contribution in [-0.2, 0) is 6.54 Å². The Morgan fingerprint density at radius 1 is 0.781 bits per heavy atom. The van der Waals surface area contributed by atoms with Crippen molar-refractivity contribution in [2.45, 2.75) is 32.2 Å². The molecule has 0 aromatic heterocycles. The van der Waals surface area contributed by atoms with Crippen LogP contribution in [0.5, 0.6) is 0 Å². The molecule has 2 fully saturated rings. The van der Waals surface area contributed by atoms with E-state index in [1.54, 1.807) is 0 Å². The van der Waals surface area contributed by atoms with Gasteiger partial charge in [-0.2, -0.15) is 0 Å². The maximum atomic E-state index is 13.2. The lowest BCUT2D eigenvalue weighted by Gasteiger charge is -2.31. The summed E-state index contributed by atoms with van der Waals surface area (Å²) in [4.78, 5) is 20.4. The first-order chi connectivity index (χ1) is 15.8. The van der Waals surface area contributed by atoms with E-state index < -0.39 is 0 Å². The average Bonchev–Trinajstić information content (AvgIpc) is 2.92. The highest BCUT2D eigenvalue weighted by atomic mass is 16.2. The number of hydrogen-bond acceptors (Lipinski definition) is 3. The summed E-state index contributed by atoms with van der Waals surface area (Å²) in [6, 6.07) is 21.5. The summed E-state index contributed by atoms with van der Waals surface area (Å²) >= 11 is 0. The number of anilines is 2. The van der Waals surface area contributed by atoms with Crippen LogP contribution >= 0.6 is 0 Å². The molecular weight excluding hydrogens is 394 g/mol. The van der Waals surface area contributed by atoms with Crippen molar-refractivity contribution in [2.75, 3.05) is 42.5 Å². The molecule has 3 aromatic rings. The van der Waals surface area contributed by atoms with E-state index in [-0.39, 0.29) is 5.91 Å². The summed E-state index contributed by atoms with van der Waals surface area (Å²) in [7, 11) is 0. The first kappa shape index (κ1) is 19.8. The van der Waals surface area contributed by atoms with Crippen LogP contribution in [0.25, 0.3) is 10.8 Å². The minimum Gasteiger partial charge on any atom is -0.370 e. The van der Waals surface area contributed by atoms with E-state index in [1.807, 2.05) is 6.07 Å². The van der Waals surface area contributed by atoms with Crippen molar-refractivity contribution < 1.29 is 4.79 Å². The molecule has 1 saturated carbocycles. The third-order valence-electron chi connectivity index (χ3n) is 7.61. The average molecular weight is 426 g/mol. The Kier molecular flexibility index (Phi) is 5.11. The molecular formula is C28H31N3O. The Morgan fingerprint density at radius 3 is 2.44 bits per heavy atom. The fraction of sp³-hybridized carbons (Fsp3) is 0.393. The number of carbonyl (C=O) groups is 1. The Hall–Kier alpha value is -2.85. The SMILES string of the molecule is O=C1c2cccc3c(N4CCCN(Cc5ccccc5)CC4)ccc(c23)N1CC1CCC1. The Labute approximate surface area is 190 Å². The maximum Gasteiger partial charge on any atom is 0.259 e. The molecule has 4 nitrogen and oxygen atoms in total. The first-order valence-corrected chi connectivity index (χ1v) is 12.2. The number of benzene rings is 3. The number of nitrogens with zero attached hydrogens (tertiary/aromatic N) is 3. The van der Waals surface area contributed by atoms with E-state index in [2.05, 4.69) is 69.3 Å². The summed E-state index contributed by atoms with van der Waals surface area (Å²) in [5.41, 5.74) is 4.68. The van der Waals surface area contributed by atoms with Crippen molar-refractivity contribution >= 4 is 28.1 Å². The van der Waals surface area contributed by atoms with Gasteiger partial charge in [-0.25, -0.2) is 0 Å². The first-order valence-electron chi connectivity index (χ1n) is 12.2. The highest BCUT2D eigenvalue weighted by Gasteiger charge is 2.33. The van der Waals surface area contributed by atoms with Gasteiger partial charge >= 0.3 is 0 Å². The van der Waals surface area contributed by atoms with E-state index in [1.165, 1.54) is 41.3 Å². The summed E-state index contributed by atoms with van der Waals surface area (Å²) in [6.07, 6.45) is 4.98. The highest BCUT2D eigenvalue weighted by Crippen LogP contribution is 2.43. The zero-order valence-corrected chi connectivity index (χ0v) is 18.7. The number of rotatable bonds is 5. The van der Waals surface area contributed by atoms with Crippen LogP contribution in [0.4, 0.5) is 11.4 Å². The van der Waals surface area contributed by atoms with Gasteiger partial charge in [0.2, 0.25) is 0 Å². The lowest BCUT2D eigenvalue weighted by Crippen LogP contribution is -2.34. The Balaban J connectivity index is 1.26. The molecule has 0 bridgehead atoms. The van der Waals surface area contributed by atoms with E-state index in [0.29, 0.717) is 5.92 Å². The van der Waals surface area contributed by atoms with Crippen molar-refractivity contribution in [3.05, 3.63) is 71.8 Å². The molecule has 32 heavy (non-hydrogen) atoms. The predicted molar refractivity (Wildman–Crippen MR) is 132 cm³/mol. The Bertz CT molecular complexity index is 1140. The van der Waals surface area contributed by atoms with Crippen LogP contribution in [-0.4, -0.2) is 43.5 Å². The summed E-state index contributed by atoms with van der Waals surface area (Å²) in [5, 5.41) is 2.40. The molecule has 0 N–H and O–H groups in total. The van der Waals surface area contributed by atoms with Gasteiger partial charge in [0.1, 0.15) is 0 Å². The summed E-state index contributed by atoms with van der Waals surface area (Å²) < 4.78 is 0. The van der Waals surface area contributed by atoms with Gasteiger partial charge in [-0.3, -0.25) is 9.69 Å². The number of hydrogen-bond donors (Lipinski definition) is 0. The summed E-state index contributed by atoms with van der Waals surface area (Å²) in [6.45, 7) is 6.16. The second kappa shape index (κ2) is 8.25. The van der Waals surface area contributed by atoms with Crippen molar-refractivity contribution in [3.8, 4) is 0 Å². The topological polar surface area (TPSA) is 26.8 Å². The molecule has 3 aliphatic rings. The van der Waals surface area contributed by atoms with Crippen LogP contribution in [0, 0.1) is 5.92 Å². The van der Waals surface area contributed by atoms with Crippen LogP contribution in [0.2, 0.25) is 0 Å². The number of carbonyl (C=O) groups excluding carboxylic acids is 1. The van der Waals surface area contributed by atoms with E-state index in [4.69, 9.17) is 0 Å². The fourth-order valence-corrected chi connectivity index (χ4v) is 5.63. The Morgan fingerprint density at radius 2 is 1.62 bits per heavy atom. The largest absolute Gasteiger partial charge is 0.370 e. The molecule has 0 spiro atoms. The van der Waals surface area contributed by atoms with Gasteiger partial charge in [0.05, 0.1) is 5.69 Å². The molecule has 1 amide bonds. The van der Waals surface area contributed by atoms with Gasteiger partial charge in [0, 0.05) is 61.3 Å². The van der Waals surface area contributed by atoms with Gasteiger partial charge in [0.25, 0.3) is 5.91 Å². The third-order valence-corrected chi connectivity index (χ3v) is 7.61. The van der Waals surface area contributed by atoms with Gasteiger partial charge in [-0.15, -0.1) is 0 Å². The van der Waals surface area contributed by atoms with Crippen LogP contribution < -0.4 is 9.80 Å². The molecule has 0 radical (unpaired) electrons. The van der Waals surface area contributed by atoms with E-state index in [0.717, 1.165) is 56.9 Å². The van der Waals surface area contributed by atoms with Gasteiger partial charge in [-0.1, -0.05) is 48.9 Å². The lowest BCUT2D eigenvalue weighted by molar-refractivity contribution is 0.0984. The van der Waals surface area contributed by atoms with Crippen molar-refractivity contribution in [1.82, 2.24) is 4.90 Å². The van der Waals surface area contributed by atoms with Gasteiger partial charge < -0.3 is 9.80 Å². The van der Waals surface area contributed by atoms with E-state index >= 15 is 0 Å². The fourth-order valence-electron chi connectivity index (χ4n) is 5.63. The van der Waals surface area contributed by atoms with Gasteiger partial charge in [0.15, 0.2) is 0 Å². The minimum atomic E-state index is 0.194. The lowest BCUT2D eigenvalue weighted by atomic mass is 9.85. The molecule has 0 atom stereocenters. The molecule has 1 saturated heterocycles. The molecule has 3 aromatic carbocycles. The molecule has 4 heteroatoms. The van der Waals surface area contributed by atoms with Crippen molar-refractivity contribution in [1.29, 1.82) is 0 Å². The van der Waals surface area contributed by atoms with Crippen molar-refractivity contribution in [2.24, 2.45) is 5.92 Å². The molecule has 1 aliphatic carbocycles. The van der Waals surface area contributed by atoms with Crippen LogP contribution in [0.15, 0.2) is 60.7 Å². The normalized spacial score (nSPS) is 19.4. The second-order valence-electron chi connectivity index (χ2n) is 9.65. The summed E-state index contributed by atoms with van der Waals surface area (Å²) in [5.74, 6) is 0.865. The van der Waals surface area contributed by atoms with Gasteiger partial charge in [-0.05, 0) is 48.9 Å². The zero-order valence-electron chi connectivity index (χ0n) is 18.7. The molecule has 0 unspecified atom stereocenters. The van der Waals surface area contributed by atoms with Crippen LogP contribution in [0.3, 0.4) is 0 Å². The van der Waals surface area contributed by atoms with Crippen LogP contribution in [0.1, 0.15) is 41.6 Å². The molecule has 6 rings (SSSR count). The second-order valence-corrected chi connectivity index (χ2v) is 9.65. The monoisotopic (exact) mass is 425 g/mol. The third kappa shape index (κ3) is 3.47. The standard InChI is InChI=1S/C28H31N3O/c32-28-24-12-5-11-23-25(13-14-26(27(23)24)31(28)20-22-9-4-10-22)30-16-6-15-29(17-18-30)19-21-7-2-1-3-8-21/h1-3,5,7-8,11-14,22H,4,6,9-10,15-20H2. The molecule has 2 heterocycles. The number of amides is 1. The minimum absolute atomic E-state index is 0.194.